The fraction of sp³-hybridized carbons (Fsp3) is 0.450. The van der Waals surface area contributed by atoms with Crippen molar-refractivity contribution < 1.29 is 9.53 Å². The first-order chi connectivity index (χ1) is 12.7. The Bertz CT molecular complexity index is 793. The zero-order chi connectivity index (χ0) is 17.9. The molecular weight excluding hydrogens is 328 g/mol. The third-order valence-electron chi connectivity index (χ3n) is 5.17. The molecule has 2 aliphatic heterocycles. The van der Waals surface area contributed by atoms with E-state index in [0.29, 0.717) is 19.0 Å². The van der Waals surface area contributed by atoms with E-state index in [1.807, 2.05) is 41.3 Å². The molecule has 0 unspecified atom stereocenters. The van der Waals surface area contributed by atoms with E-state index in [2.05, 4.69) is 21.7 Å². The molecule has 0 saturated carbocycles. The molecule has 0 spiro atoms. The summed E-state index contributed by atoms with van der Waals surface area (Å²) in [5.74, 6) is 2.37. The van der Waals surface area contributed by atoms with Crippen molar-refractivity contribution in [3.05, 3.63) is 53.6 Å². The van der Waals surface area contributed by atoms with E-state index in [1.54, 1.807) is 6.08 Å². The van der Waals surface area contributed by atoms with Crippen LogP contribution in [0.3, 0.4) is 0 Å². The molecule has 1 fully saturated rings. The van der Waals surface area contributed by atoms with Gasteiger partial charge in [-0.3, -0.25) is 4.79 Å². The molecule has 1 atom stereocenters. The lowest BCUT2D eigenvalue weighted by atomic mass is 9.99. The van der Waals surface area contributed by atoms with E-state index >= 15 is 0 Å². The van der Waals surface area contributed by atoms with Gasteiger partial charge in [0.25, 0.3) is 0 Å². The van der Waals surface area contributed by atoms with Gasteiger partial charge in [0.05, 0.1) is 12.6 Å². The maximum atomic E-state index is 12.6. The van der Waals surface area contributed by atoms with Crippen LogP contribution in [0, 0.1) is 0 Å². The topological polar surface area (TPSA) is 60.3 Å². The van der Waals surface area contributed by atoms with Crippen molar-refractivity contribution >= 4 is 12.0 Å². The Morgan fingerprint density at radius 3 is 2.73 bits per heavy atom. The molecule has 2 aliphatic rings. The van der Waals surface area contributed by atoms with Gasteiger partial charge in [0, 0.05) is 31.8 Å². The number of benzene rings is 1. The van der Waals surface area contributed by atoms with Crippen LogP contribution in [-0.4, -0.2) is 45.3 Å². The molecule has 4 rings (SSSR count). The maximum absolute atomic E-state index is 12.6. The highest BCUT2D eigenvalue weighted by atomic mass is 16.5. The van der Waals surface area contributed by atoms with Gasteiger partial charge in [0.1, 0.15) is 5.82 Å². The lowest BCUT2D eigenvalue weighted by Crippen LogP contribution is -2.40. The van der Waals surface area contributed by atoms with E-state index in [9.17, 15) is 4.79 Å². The number of ether oxygens (including phenoxy) is 1. The highest BCUT2D eigenvalue weighted by molar-refractivity contribution is 5.91. The summed E-state index contributed by atoms with van der Waals surface area (Å²) in [5.41, 5.74) is 1.02. The first-order valence-electron chi connectivity index (χ1n) is 9.26. The number of rotatable bonds is 3. The summed E-state index contributed by atoms with van der Waals surface area (Å²) in [7, 11) is 0. The molecule has 26 heavy (non-hydrogen) atoms. The van der Waals surface area contributed by atoms with E-state index in [4.69, 9.17) is 4.74 Å². The second kappa shape index (κ2) is 7.41. The zero-order valence-electron chi connectivity index (χ0n) is 15.0. The number of aromatic nitrogens is 3. The molecule has 1 aromatic carbocycles. The van der Waals surface area contributed by atoms with Crippen molar-refractivity contribution in [3.8, 4) is 0 Å². The molecule has 0 N–H and O–H groups in total. The van der Waals surface area contributed by atoms with Crippen molar-refractivity contribution in [2.24, 2.45) is 0 Å². The summed E-state index contributed by atoms with van der Waals surface area (Å²) in [5, 5.41) is 8.85. The summed E-state index contributed by atoms with van der Waals surface area (Å²) in [4.78, 5) is 14.4. The number of hydrogen-bond acceptors (Lipinski definition) is 4. The normalized spacial score (nSPS) is 21.1. The largest absolute Gasteiger partial charge is 0.381 e. The fourth-order valence-corrected chi connectivity index (χ4v) is 3.80. The Morgan fingerprint density at radius 1 is 1.19 bits per heavy atom. The predicted octanol–water partition coefficient (Wildman–Crippen LogP) is 2.79. The highest BCUT2D eigenvalue weighted by Crippen LogP contribution is 2.30. The Morgan fingerprint density at radius 2 is 1.96 bits per heavy atom. The van der Waals surface area contributed by atoms with Crippen LogP contribution in [0.15, 0.2) is 36.4 Å². The number of fused-ring (bicyclic) bond motifs is 1. The number of carbonyl (C=O) groups excluding carboxylic acids is 1. The van der Waals surface area contributed by atoms with Gasteiger partial charge in [-0.05, 0) is 31.4 Å². The van der Waals surface area contributed by atoms with E-state index < -0.39 is 0 Å². The Hall–Kier alpha value is -2.47. The SMILES string of the molecule is C[C@H]1CN(C(=O)C=Cc2ccccc2)Cc2nnc(C3CCOCC3)n21. The first-order valence-corrected chi connectivity index (χ1v) is 9.26. The van der Waals surface area contributed by atoms with Crippen LogP contribution in [0.25, 0.3) is 6.08 Å². The fourth-order valence-electron chi connectivity index (χ4n) is 3.80. The van der Waals surface area contributed by atoms with Gasteiger partial charge in [-0.1, -0.05) is 30.3 Å². The minimum atomic E-state index is 0.0163. The van der Waals surface area contributed by atoms with Gasteiger partial charge in [0.15, 0.2) is 5.82 Å². The molecule has 6 nitrogen and oxygen atoms in total. The van der Waals surface area contributed by atoms with Gasteiger partial charge in [0.2, 0.25) is 5.91 Å². The second-order valence-corrected chi connectivity index (χ2v) is 7.04. The predicted molar refractivity (Wildman–Crippen MR) is 98.4 cm³/mol. The average molecular weight is 352 g/mol. The summed E-state index contributed by atoms with van der Waals surface area (Å²) in [6.07, 6.45) is 5.49. The number of amides is 1. The van der Waals surface area contributed by atoms with Crippen LogP contribution in [0.5, 0.6) is 0 Å². The summed E-state index contributed by atoms with van der Waals surface area (Å²) < 4.78 is 7.70. The van der Waals surface area contributed by atoms with Crippen LogP contribution >= 0.6 is 0 Å². The molecule has 0 bridgehead atoms. The van der Waals surface area contributed by atoms with Gasteiger partial charge < -0.3 is 14.2 Å². The smallest absolute Gasteiger partial charge is 0.247 e. The van der Waals surface area contributed by atoms with Gasteiger partial charge >= 0.3 is 0 Å². The van der Waals surface area contributed by atoms with E-state index in [0.717, 1.165) is 43.3 Å². The first kappa shape index (κ1) is 17.0. The Balaban J connectivity index is 1.49. The summed E-state index contributed by atoms with van der Waals surface area (Å²) in [6, 6.07) is 10.1. The molecule has 1 saturated heterocycles. The van der Waals surface area contributed by atoms with Crippen molar-refractivity contribution in [2.75, 3.05) is 19.8 Å². The van der Waals surface area contributed by atoms with Crippen LogP contribution in [0.1, 0.15) is 48.9 Å². The number of hydrogen-bond donors (Lipinski definition) is 0. The molecule has 0 aliphatic carbocycles. The summed E-state index contributed by atoms with van der Waals surface area (Å²) >= 11 is 0. The lowest BCUT2D eigenvalue weighted by molar-refractivity contribution is -0.127. The highest BCUT2D eigenvalue weighted by Gasteiger charge is 2.31. The number of carbonyl (C=O) groups is 1. The van der Waals surface area contributed by atoms with Crippen LogP contribution in [0.2, 0.25) is 0 Å². The van der Waals surface area contributed by atoms with Crippen LogP contribution in [0.4, 0.5) is 0 Å². The molecule has 1 aromatic heterocycles. The maximum Gasteiger partial charge on any atom is 0.247 e. The molecule has 0 radical (unpaired) electrons. The summed E-state index contributed by atoms with van der Waals surface area (Å²) in [6.45, 7) is 4.90. The minimum Gasteiger partial charge on any atom is -0.381 e. The Labute approximate surface area is 153 Å². The molecular formula is C20H24N4O2. The number of nitrogens with zero attached hydrogens (tertiary/aromatic N) is 4. The van der Waals surface area contributed by atoms with Crippen molar-refractivity contribution in [1.82, 2.24) is 19.7 Å². The van der Waals surface area contributed by atoms with Crippen LogP contribution in [-0.2, 0) is 16.1 Å². The van der Waals surface area contributed by atoms with Crippen molar-refractivity contribution in [2.45, 2.75) is 38.3 Å². The van der Waals surface area contributed by atoms with Crippen molar-refractivity contribution in [3.63, 3.8) is 0 Å². The second-order valence-electron chi connectivity index (χ2n) is 7.04. The van der Waals surface area contributed by atoms with Gasteiger partial charge in [-0.2, -0.15) is 0 Å². The molecule has 136 valence electrons. The van der Waals surface area contributed by atoms with E-state index in [-0.39, 0.29) is 11.9 Å². The standard InChI is InChI=1S/C20H24N4O2/c1-15-13-23(19(25)8-7-16-5-3-2-4-6-16)14-18-21-22-20(24(15)18)17-9-11-26-12-10-17/h2-8,15,17H,9-14H2,1H3/t15-/m0/s1. The van der Waals surface area contributed by atoms with Gasteiger partial charge in [-0.25, -0.2) is 0 Å². The molecule has 1 amide bonds. The third-order valence-corrected chi connectivity index (χ3v) is 5.17. The molecule has 2 aromatic rings. The molecule has 6 heteroatoms. The minimum absolute atomic E-state index is 0.0163. The average Bonchev–Trinajstić information content (AvgIpc) is 3.12. The monoisotopic (exact) mass is 352 g/mol. The van der Waals surface area contributed by atoms with Gasteiger partial charge in [-0.15, -0.1) is 10.2 Å². The third kappa shape index (κ3) is 3.42. The van der Waals surface area contributed by atoms with E-state index in [1.165, 1.54) is 0 Å². The lowest BCUT2D eigenvalue weighted by Gasteiger charge is -2.33. The van der Waals surface area contributed by atoms with Crippen molar-refractivity contribution in [1.29, 1.82) is 0 Å². The van der Waals surface area contributed by atoms with Crippen LogP contribution < -0.4 is 0 Å². The molecule has 3 heterocycles. The quantitative estimate of drug-likeness (QED) is 0.797. The zero-order valence-corrected chi connectivity index (χ0v) is 15.0. The Kier molecular flexibility index (Phi) is 4.84.